The molecule has 3 heterocycles. The molecule has 0 aliphatic rings. The van der Waals surface area contributed by atoms with Crippen LogP contribution in [0.5, 0.6) is 0 Å². The van der Waals surface area contributed by atoms with Crippen LogP contribution >= 0.6 is 0 Å². The molecule has 0 atom stereocenters. The molecule has 0 saturated carbocycles. The fourth-order valence-corrected chi connectivity index (χ4v) is 9.78. The second-order valence-corrected chi connectivity index (χ2v) is 16.4. The maximum atomic E-state index is 5.33. The van der Waals surface area contributed by atoms with Crippen molar-refractivity contribution in [2.45, 2.75) is 0 Å². The Morgan fingerprint density at radius 1 is 0.266 bits per heavy atom. The second-order valence-electron chi connectivity index (χ2n) is 16.4. The van der Waals surface area contributed by atoms with Gasteiger partial charge in [0, 0.05) is 55.0 Å². The Morgan fingerprint density at radius 3 is 1.64 bits per heavy atom. The molecule has 0 bridgehead atoms. The van der Waals surface area contributed by atoms with E-state index in [0.29, 0.717) is 17.5 Å². The molecule has 0 unspecified atom stereocenters. The van der Waals surface area contributed by atoms with E-state index in [1.54, 1.807) is 0 Å². The minimum atomic E-state index is 0.617. The van der Waals surface area contributed by atoms with Gasteiger partial charge in [-0.3, -0.25) is 0 Å². The van der Waals surface area contributed by atoms with Gasteiger partial charge in [0.25, 0.3) is 0 Å². The summed E-state index contributed by atoms with van der Waals surface area (Å²) in [5.41, 5.74) is 11.8. The minimum Gasteiger partial charge on any atom is -0.309 e. The molecule has 298 valence electrons. The Labute approximate surface area is 368 Å². The molecule has 0 radical (unpaired) electrons. The van der Waals surface area contributed by atoms with Crippen LogP contribution in [0.3, 0.4) is 0 Å². The van der Waals surface area contributed by atoms with E-state index in [2.05, 4.69) is 209 Å². The lowest BCUT2D eigenvalue weighted by Gasteiger charge is -2.15. The summed E-state index contributed by atoms with van der Waals surface area (Å²) in [6.07, 6.45) is 0. The van der Waals surface area contributed by atoms with Crippen LogP contribution in [0, 0.1) is 0 Å². The van der Waals surface area contributed by atoms with E-state index in [9.17, 15) is 0 Å². The largest absolute Gasteiger partial charge is 0.309 e. The number of fused-ring (bicyclic) bond motifs is 9. The minimum absolute atomic E-state index is 0.617. The van der Waals surface area contributed by atoms with Gasteiger partial charge < -0.3 is 9.13 Å². The highest BCUT2D eigenvalue weighted by atomic mass is 15.0. The molecular formula is C59H37N5. The molecular weight excluding hydrogens is 779 g/mol. The van der Waals surface area contributed by atoms with Crippen molar-refractivity contribution in [3.8, 4) is 56.7 Å². The molecule has 0 N–H and O–H groups in total. The van der Waals surface area contributed by atoms with Gasteiger partial charge in [-0.15, -0.1) is 0 Å². The topological polar surface area (TPSA) is 48.5 Å². The van der Waals surface area contributed by atoms with Crippen molar-refractivity contribution in [3.05, 3.63) is 224 Å². The first-order valence-corrected chi connectivity index (χ1v) is 21.7. The predicted molar refractivity (Wildman–Crippen MR) is 265 cm³/mol. The Balaban J connectivity index is 1.09. The van der Waals surface area contributed by atoms with Crippen molar-refractivity contribution in [3.63, 3.8) is 0 Å². The quantitative estimate of drug-likeness (QED) is 0.168. The van der Waals surface area contributed by atoms with Gasteiger partial charge in [-0.05, 0) is 75.8 Å². The molecule has 5 nitrogen and oxygen atoms in total. The maximum Gasteiger partial charge on any atom is 0.164 e. The van der Waals surface area contributed by atoms with Gasteiger partial charge >= 0.3 is 0 Å². The summed E-state index contributed by atoms with van der Waals surface area (Å²) in [5.74, 6) is 1.86. The SMILES string of the molecule is c1ccc(-c2cccc(-c3nc(-c4ccccc4)nc(-c4cc(-n5c6ccccc6c6cc7c8ccc9ccccc9c8n(-c8ccccc8)c7cc65)cc5ccccc45)n3)c2)cc1. The first kappa shape index (κ1) is 36.0. The molecule has 0 aliphatic carbocycles. The van der Waals surface area contributed by atoms with Crippen LogP contribution in [0.25, 0.3) is 122 Å². The summed E-state index contributed by atoms with van der Waals surface area (Å²) in [6.45, 7) is 0. The third-order valence-electron chi connectivity index (χ3n) is 12.7. The van der Waals surface area contributed by atoms with Crippen molar-refractivity contribution in [2.75, 3.05) is 0 Å². The average molecular weight is 816 g/mol. The highest BCUT2D eigenvalue weighted by molar-refractivity contribution is 6.23. The lowest BCUT2D eigenvalue weighted by Crippen LogP contribution is -2.02. The standard InChI is InChI=1S/C59H37N5/c1-4-17-38(18-5-1)41-23-16-24-43(33-41)58-60-57(40-20-6-2-7-21-40)61-59(62-58)52-35-45(34-42-22-11-12-27-46(42)52)63-53-30-15-14-29-48(53)50-36-51-49-32-31-39-19-10-13-28-47(39)56(49)64(55(51)37-54(50)63)44-25-8-3-9-26-44/h1-37H. The third-order valence-corrected chi connectivity index (χ3v) is 12.7. The zero-order valence-electron chi connectivity index (χ0n) is 34.6. The van der Waals surface area contributed by atoms with Crippen LogP contribution < -0.4 is 0 Å². The van der Waals surface area contributed by atoms with Crippen molar-refractivity contribution in [2.24, 2.45) is 0 Å². The van der Waals surface area contributed by atoms with E-state index in [4.69, 9.17) is 15.0 Å². The maximum absolute atomic E-state index is 5.33. The van der Waals surface area contributed by atoms with Gasteiger partial charge in [0.2, 0.25) is 0 Å². The highest BCUT2D eigenvalue weighted by Gasteiger charge is 2.22. The fraction of sp³-hybridized carbons (Fsp3) is 0. The van der Waals surface area contributed by atoms with E-state index in [0.717, 1.165) is 66.5 Å². The predicted octanol–water partition coefficient (Wildman–Crippen LogP) is 15.0. The van der Waals surface area contributed by atoms with Crippen molar-refractivity contribution in [1.82, 2.24) is 24.1 Å². The van der Waals surface area contributed by atoms with Gasteiger partial charge in [0.15, 0.2) is 17.5 Å². The van der Waals surface area contributed by atoms with E-state index in [1.165, 1.54) is 37.8 Å². The van der Waals surface area contributed by atoms with Crippen LogP contribution in [0.2, 0.25) is 0 Å². The Morgan fingerprint density at radius 2 is 0.844 bits per heavy atom. The lowest BCUT2D eigenvalue weighted by atomic mass is 10.0. The highest BCUT2D eigenvalue weighted by Crippen LogP contribution is 2.43. The number of benzene rings is 10. The summed E-state index contributed by atoms with van der Waals surface area (Å²) in [5, 5.41) is 9.47. The monoisotopic (exact) mass is 815 g/mol. The van der Waals surface area contributed by atoms with Crippen LogP contribution in [0.15, 0.2) is 224 Å². The van der Waals surface area contributed by atoms with Gasteiger partial charge in [-0.1, -0.05) is 176 Å². The number of aromatic nitrogens is 5. The number of nitrogens with zero attached hydrogens (tertiary/aromatic N) is 5. The number of rotatable bonds is 6. The van der Waals surface area contributed by atoms with E-state index >= 15 is 0 Å². The molecule has 13 aromatic rings. The van der Waals surface area contributed by atoms with E-state index in [1.807, 2.05) is 24.3 Å². The molecule has 13 rings (SSSR count). The Hall–Kier alpha value is -8.67. The van der Waals surface area contributed by atoms with Gasteiger partial charge in [0.1, 0.15) is 0 Å². The van der Waals surface area contributed by atoms with Crippen LogP contribution in [-0.2, 0) is 0 Å². The summed E-state index contributed by atoms with van der Waals surface area (Å²) in [7, 11) is 0. The first-order valence-electron chi connectivity index (χ1n) is 21.7. The molecule has 10 aromatic carbocycles. The molecule has 5 heteroatoms. The zero-order chi connectivity index (χ0) is 42.1. The van der Waals surface area contributed by atoms with Crippen LogP contribution in [-0.4, -0.2) is 24.1 Å². The van der Waals surface area contributed by atoms with E-state index in [-0.39, 0.29) is 0 Å². The van der Waals surface area contributed by atoms with Gasteiger partial charge in [0.05, 0.1) is 22.1 Å². The summed E-state index contributed by atoms with van der Waals surface area (Å²) >= 11 is 0. The van der Waals surface area contributed by atoms with Crippen molar-refractivity contribution >= 4 is 65.2 Å². The molecule has 0 aliphatic heterocycles. The number of para-hydroxylation sites is 2. The summed E-state index contributed by atoms with van der Waals surface area (Å²) < 4.78 is 4.87. The Bertz CT molecular complexity index is 3940. The summed E-state index contributed by atoms with van der Waals surface area (Å²) in [4.78, 5) is 15.7. The van der Waals surface area contributed by atoms with Gasteiger partial charge in [-0.25, -0.2) is 15.0 Å². The zero-order valence-corrected chi connectivity index (χ0v) is 34.6. The lowest BCUT2D eigenvalue weighted by molar-refractivity contribution is 1.07. The van der Waals surface area contributed by atoms with E-state index < -0.39 is 0 Å². The molecule has 64 heavy (non-hydrogen) atoms. The average Bonchev–Trinajstić information content (AvgIpc) is 3.88. The Kier molecular flexibility index (Phi) is 8.15. The van der Waals surface area contributed by atoms with Crippen LogP contribution in [0.4, 0.5) is 0 Å². The molecule has 0 spiro atoms. The smallest absolute Gasteiger partial charge is 0.164 e. The van der Waals surface area contributed by atoms with Crippen LogP contribution in [0.1, 0.15) is 0 Å². The second kappa shape index (κ2) is 14.5. The molecule has 0 saturated heterocycles. The normalized spacial score (nSPS) is 11.8. The first-order chi connectivity index (χ1) is 31.7. The fourth-order valence-electron chi connectivity index (χ4n) is 9.78. The number of hydrogen-bond acceptors (Lipinski definition) is 3. The molecule has 0 fully saturated rings. The molecule has 3 aromatic heterocycles. The molecule has 0 amide bonds. The third kappa shape index (κ3) is 5.75. The number of hydrogen-bond donors (Lipinski definition) is 0. The van der Waals surface area contributed by atoms with Crippen molar-refractivity contribution < 1.29 is 0 Å². The van der Waals surface area contributed by atoms with Gasteiger partial charge in [-0.2, -0.15) is 0 Å². The van der Waals surface area contributed by atoms with Crippen molar-refractivity contribution in [1.29, 1.82) is 0 Å². The summed E-state index contributed by atoms with van der Waals surface area (Å²) in [6, 6.07) is 79.9.